The molecule has 0 saturated carbocycles. The van der Waals surface area contributed by atoms with Gasteiger partial charge in [0.2, 0.25) is 5.91 Å². The molecule has 0 aliphatic heterocycles. The van der Waals surface area contributed by atoms with Crippen LogP contribution in [0.5, 0.6) is 0 Å². The van der Waals surface area contributed by atoms with E-state index < -0.39 is 0 Å². The van der Waals surface area contributed by atoms with Gasteiger partial charge >= 0.3 is 0 Å². The molecule has 0 aliphatic rings. The van der Waals surface area contributed by atoms with Gasteiger partial charge in [-0.2, -0.15) is 12.6 Å². The first-order chi connectivity index (χ1) is 4.92. The first-order valence-corrected chi connectivity index (χ1v) is 4.08. The summed E-state index contributed by atoms with van der Waals surface area (Å²) in [7, 11) is 0. The van der Waals surface area contributed by atoms with Crippen molar-refractivity contribution in [2.75, 3.05) is 13.1 Å². The van der Waals surface area contributed by atoms with Crippen molar-refractivity contribution < 1.29 is 4.79 Å². The lowest BCUT2D eigenvalue weighted by molar-refractivity contribution is -0.118. The summed E-state index contributed by atoms with van der Waals surface area (Å²) in [5.74, 6) is 0.00349. The van der Waals surface area contributed by atoms with Gasteiger partial charge in [0.1, 0.15) is 0 Å². The molecule has 0 saturated heterocycles. The second-order valence-corrected chi connectivity index (χ2v) is 4.09. The van der Waals surface area contributed by atoms with Gasteiger partial charge in [-0.25, -0.2) is 0 Å². The Morgan fingerprint density at radius 1 is 1.45 bits per heavy atom. The lowest BCUT2D eigenvalue weighted by Gasteiger charge is -2.19. The molecule has 0 heterocycles. The van der Waals surface area contributed by atoms with Crippen LogP contribution in [0.1, 0.15) is 20.8 Å². The van der Waals surface area contributed by atoms with Crippen molar-refractivity contribution in [1.82, 2.24) is 10.6 Å². The lowest BCUT2D eigenvalue weighted by Crippen LogP contribution is -2.39. The lowest BCUT2D eigenvalue weighted by atomic mass is 10.4. The number of carbonyl (C=O) groups is 1. The maximum atomic E-state index is 10.4. The van der Waals surface area contributed by atoms with E-state index >= 15 is 0 Å². The minimum Gasteiger partial charge on any atom is -0.355 e. The van der Waals surface area contributed by atoms with E-state index in [9.17, 15) is 4.79 Å². The molecule has 2 N–H and O–H groups in total. The van der Waals surface area contributed by atoms with E-state index in [2.05, 4.69) is 23.3 Å². The SMILES string of the molecule is CC(=O)NCCNC(C)(C)S. The zero-order chi connectivity index (χ0) is 8.91. The molecule has 66 valence electrons. The number of thiol groups is 1. The summed E-state index contributed by atoms with van der Waals surface area (Å²) in [4.78, 5) is 10.2. The van der Waals surface area contributed by atoms with Gasteiger partial charge in [-0.1, -0.05) is 0 Å². The third-order valence-corrected chi connectivity index (χ3v) is 1.21. The van der Waals surface area contributed by atoms with Crippen LogP contribution in [0.2, 0.25) is 0 Å². The van der Waals surface area contributed by atoms with Crippen molar-refractivity contribution in [2.45, 2.75) is 25.6 Å². The summed E-state index contributed by atoms with van der Waals surface area (Å²) >= 11 is 4.26. The molecule has 0 rings (SSSR count). The summed E-state index contributed by atoms with van der Waals surface area (Å²) in [5, 5.41) is 5.81. The van der Waals surface area contributed by atoms with Crippen LogP contribution < -0.4 is 10.6 Å². The largest absolute Gasteiger partial charge is 0.355 e. The van der Waals surface area contributed by atoms with E-state index in [1.807, 2.05) is 13.8 Å². The van der Waals surface area contributed by atoms with Crippen LogP contribution in [0.4, 0.5) is 0 Å². The Labute approximate surface area is 73.3 Å². The van der Waals surface area contributed by atoms with Crippen molar-refractivity contribution in [3.05, 3.63) is 0 Å². The first kappa shape index (κ1) is 10.8. The average Bonchev–Trinajstić information content (AvgIpc) is 1.78. The molecule has 0 aromatic carbocycles. The molecule has 4 heteroatoms. The topological polar surface area (TPSA) is 41.1 Å². The molecule has 0 fully saturated rings. The number of hydrogen-bond acceptors (Lipinski definition) is 3. The Kier molecular flexibility index (Phi) is 4.52. The van der Waals surface area contributed by atoms with Gasteiger partial charge in [0.25, 0.3) is 0 Å². The van der Waals surface area contributed by atoms with E-state index in [1.54, 1.807) is 0 Å². The zero-order valence-corrected chi connectivity index (χ0v) is 8.16. The van der Waals surface area contributed by atoms with Crippen molar-refractivity contribution in [3.8, 4) is 0 Å². The summed E-state index contributed by atoms with van der Waals surface area (Å²) < 4.78 is 0. The molecule has 0 unspecified atom stereocenters. The highest BCUT2D eigenvalue weighted by molar-refractivity contribution is 7.81. The quantitative estimate of drug-likeness (QED) is 0.329. The predicted octanol–water partition coefficient (Wildman–Crippen LogP) is 0.378. The molecule has 1 amide bonds. The van der Waals surface area contributed by atoms with Gasteiger partial charge in [-0.3, -0.25) is 4.79 Å². The standard InChI is InChI=1S/C7H16N2OS/c1-6(10)8-4-5-9-7(2,3)11/h9,11H,4-5H2,1-3H3,(H,8,10). The maximum absolute atomic E-state index is 10.4. The van der Waals surface area contributed by atoms with Gasteiger partial charge in [0.15, 0.2) is 0 Å². The Hall–Kier alpha value is -0.220. The molecule has 0 radical (unpaired) electrons. The summed E-state index contributed by atoms with van der Waals surface area (Å²) in [6.07, 6.45) is 0. The van der Waals surface area contributed by atoms with Crippen LogP contribution in [0.3, 0.4) is 0 Å². The molecule has 0 aromatic heterocycles. The van der Waals surface area contributed by atoms with E-state index in [4.69, 9.17) is 0 Å². The van der Waals surface area contributed by atoms with Gasteiger partial charge in [-0.15, -0.1) is 0 Å². The van der Waals surface area contributed by atoms with E-state index in [0.717, 1.165) is 6.54 Å². The highest BCUT2D eigenvalue weighted by atomic mass is 32.1. The highest BCUT2D eigenvalue weighted by Crippen LogP contribution is 2.04. The molecular formula is C7H16N2OS. The van der Waals surface area contributed by atoms with Gasteiger partial charge < -0.3 is 10.6 Å². The molecule has 0 atom stereocenters. The minimum absolute atomic E-state index is 0.00349. The Morgan fingerprint density at radius 3 is 2.36 bits per heavy atom. The molecular weight excluding hydrogens is 160 g/mol. The van der Waals surface area contributed by atoms with Crippen LogP contribution in [0, 0.1) is 0 Å². The molecule has 0 bridgehead atoms. The minimum atomic E-state index is -0.168. The fourth-order valence-electron chi connectivity index (χ4n) is 0.607. The summed E-state index contributed by atoms with van der Waals surface area (Å²) in [6, 6.07) is 0. The molecule has 3 nitrogen and oxygen atoms in total. The summed E-state index contributed by atoms with van der Waals surface area (Å²) in [6.45, 7) is 6.83. The van der Waals surface area contributed by atoms with Crippen molar-refractivity contribution in [3.63, 3.8) is 0 Å². The van der Waals surface area contributed by atoms with E-state index in [-0.39, 0.29) is 10.8 Å². The highest BCUT2D eigenvalue weighted by Gasteiger charge is 2.07. The van der Waals surface area contributed by atoms with Crippen LogP contribution in [0.15, 0.2) is 0 Å². The van der Waals surface area contributed by atoms with Crippen LogP contribution in [0.25, 0.3) is 0 Å². The third kappa shape index (κ3) is 9.78. The summed E-state index contributed by atoms with van der Waals surface area (Å²) in [5.41, 5.74) is 0. The van der Waals surface area contributed by atoms with Gasteiger partial charge in [0.05, 0.1) is 4.87 Å². The fourth-order valence-corrected chi connectivity index (χ4v) is 0.719. The number of amides is 1. The van der Waals surface area contributed by atoms with Crippen molar-refractivity contribution >= 4 is 18.5 Å². The number of nitrogens with one attached hydrogen (secondary N) is 2. The average molecular weight is 176 g/mol. The second kappa shape index (κ2) is 4.62. The van der Waals surface area contributed by atoms with Crippen LogP contribution in [-0.4, -0.2) is 23.9 Å². The Balaban J connectivity index is 3.22. The Morgan fingerprint density at radius 2 is 2.00 bits per heavy atom. The number of rotatable bonds is 4. The zero-order valence-electron chi connectivity index (χ0n) is 7.27. The first-order valence-electron chi connectivity index (χ1n) is 3.63. The normalized spacial score (nSPS) is 11.3. The Bertz CT molecular complexity index is 131. The van der Waals surface area contributed by atoms with Crippen molar-refractivity contribution in [1.29, 1.82) is 0 Å². The molecule has 0 aliphatic carbocycles. The smallest absolute Gasteiger partial charge is 0.216 e. The van der Waals surface area contributed by atoms with Crippen LogP contribution in [-0.2, 0) is 4.79 Å². The molecule has 11 heavy (non-hydrogen) atoms. The van der Waals surface area contributed by atoms with Crippen LogP contribution >= 0.6 is 12.6 Å². The maximum Gasteiger partial charge on any atom is 0.216 e. The number of carbonyl (C=O) groups excluding carboxylic acids is 1. The predicted molar refractivity (Wildman–Crippen MR) is 49.8 cm³/mol. The fraction of sp³-hybridized carbons (Fsp3) is 0.857. The van der Waals surface area contributed by atoms with E-state index in [1.165, 1.54) is 6.92 Å². The monoisotopic (exact) mass is 176 g/mol. The second-order valence-electron chi connectivity index (χ2n) is 2.97. The molecule has 0 spiro atoms. The van der Waals surface area contributed by atoms with Crippen molar-refractivity contribution in [2.24, 2.45) is 0 Å². The molecule has 0 aromatic rings. The van der Waals surface area contributed by atoms with Gasteiger partial charge in [0, 0.05) is 20.0 Å². The number of hydrogen-bond donors (Lipinski definition) is 3. The van der Waals surface area contributed by atoms with Gasteiger partial charge in [-0.05, 0) is 13.8 Å². The van der Waals surface area contributed by atoms with E-state index in [0.29, 0.717) is 6.54 Å². The third-order valence-electron chi connectivity index (χ3n) is 1.06.